The molecule has 0 aromatic carbocycles. The Hall–Kier alpha value is 0.550. The summed E-state index contributed by atoms with van der Waals surface area (Å²) in [7, 11) is 2.88. The van der Waals surface area contributed by atoms with Crippen LogP contribution >= 0.6 is 34.5 Å². The lowest BCUT2D eigenvalue weighted by Gasteiger charge is -1.97. The molecule has 0 amide bonds. The minimum absolute atomic E-state index is 0.434. The van der Waals surface area contributed by atoms with Crippen molar-refractivity contribution in [2.45, 2.75) is 0 Å². The monoisotopic (exact) mass is 211 g/mol. The molecular formula is C3H4BrN2P2-. The van der Waals surface area contributed by atoms with Gasteiger partial charge in [0.1, 0.15) is 4.60 Å². The van der Waals surface area contributed by atoms with Gasteiger partial charge in [-0.15, -0.1) is 0 Å². The first-order valence-electron chi connectivity index (χ1n) is 2.34. The molecule has 0 saturated heterocycles. The van der Waals surface area contributed by atoms with Gasteiger partial charge in [-0.1, -0.05) is 0 Å². The second-order valence-corrected chi connectivity index (χ2v) is 3.04. The lowest BCUT2D eigenvalue weighted by Crippen LogP contribution is -1.98. The Bertz CT molecular complexity index is 214. The third kappa shape index (κ3) is 1.28. The Morgan fingerprint density at radius 1 is 2.12 bits per heavy atom. The van der Waals surface area contributed by atoms with Crippen LogP contribution in [0.1, 0.15) is 0 Å². The van der Waals surface area contributed by atoms with E-state index in [1.807, 2.05) is 0 Å². The highest BCUT2D eigenvalue weighted by Crippen LogP contribution is 2.06. The van der Waals surface area contributed by atoms with Crippen molar-refractivity contribution in [3.63, 3.8) is 0 Å². The number of imidazole rings is 1. The molecule has 1 aromatic heterocycles. The molecule has 5 heteroatoms. The molecule has 0 saturated carbocycles. The number of halogens is 1. The number of hydrogen-bond acceptors (Lipinski definition) is 1. The summed E-state index contributed by atoms with van der Waals surface area (Å²) in [5, 5.41) is 0. The predicted molar refractivity (Wildman–Crippen MR) is 43.0 cm³/mol. The average Bonchev–Trinajstić information content (AvgIpc) is 2.10. The maximum Gasteiger partial charge on any atom is 0.121 e. The highest BCUT2D eigenvalue weighted by molar-refractivity contribution is 9.10. The van der Waals surface area contributed by atoms with Gasteiger partial charge in [-0.2, -0.15) is 1.28 Å². The zero-order chi connectivity index (χ0) is 6.85. The molecular weight excluding hydrogens is 206 g/mol. The van der Waals surface area contributed by atoms with E-state index in [-0.39, 0.29) is 0 Å². The predicted octanol–water partition coefficient (Wildman–Crippen LogP) is 1.05. The summed E-state index contributed by atoms with van der Waals surface area (Å²) < 4.78 is 9.46. The average molecular weight is 212 g/mol. The van der Waals surface area contributed by atoms with Gasteiger partial charge in [0.15, 0.2) is 0 Å². The fourth-order valence-electron chi connectivity index (χ4n) is 0.355. The lowest BCUT2D eigenvalue weighted by atomic mass is 11.0. The summed E-state index contributed by atoms with van der Waals surface area (Å²) in [5.74, 6) is 0. The van der Waals surface area contributed by atoms with Gasteiger partial charge in [-0.05, 0) is 30.9 Å². The molecule has 0 N–H and O–H groups in total. The van der Waals surface area contributed by atoms with Crippen molar-refractivity contribution in [3.8, 4) is 0 Å². The SMILES string of the molecule is [3H][P-]c1nc(Br)cn1P. The first-order valence-corrected chi connectivity index (χ1v) is 3.65. The van der Waals surface area contributed by atoms with E-state index in [4.69, 9.17) is 1.28 Å². The van der Waals surface area contributed by atoms with E-state index in [0.29, 0.717) is 14.8 Å². The molecule has 2 nitrogen and oxygen atoms in total. The summed E-state index contributed by atoms with van der Waals surface area (Å²) in [6, 6.07) is 0. The van der Waals surface area contributed by atoms with Crippen molar-refractivity contribution in [2.24, 2.45) is 0 Å². The van der Waals surface area contributed by atoms with E-state index >= 15 is 0 Å². The van der Waals surface area contributed by atoms with Gasteiger partial charge in [-0.25, -0.2) is 0 Å². The summed E-state index contributed by atoms with van der Waals surface area (Å²) in [6.45, 7) is 0. The molecule has 0 aliphatic rings. The van der Waals surface area contributed by atoms with E-state index in [9.17, 15) is 0 Å². The van der Waals surface area contributed by atoms with Crippen molar-refractivity contribution in [1.29, 1.82) is 1.28 Å². The van der Waals surface area contributed by atoms with Crippen LogP contribution in [0.4, 0.5) is 0 Å². The van der Waals surface area contributed by atoms with Gasteiger partial charge in [0.25, 0.3) is 0 Å². The Morgan fingerprint density at radius 2 is 2.88 bits per heavy atom. The Balaban J connectivity index is 3.01. The highest BCUT2D eigenvalue weighted by Gasteiger charge is 1.87. The third-order valence-electron chi connectivity index (χ3n) is 0.683. The van der Waals surface area contributed by atoms with Crippen molar-refractivity contribution in [3.05, 3.63) is 10.8 Å². The number of nitrogens with zero attached hydrogens (tertiary/aromatic N) is 2. The summed E-state index contributed by atoms with van der Waals surface area (Å²) >= 11 is 3.19. The molecule has 1 atom stereocenters. The quantitative estimate of drug-likeness (QED) is 0.636. The maximum absolute atomic E-state index is 6.95. The van der Waals surface area contributed by atoms with Crippen molar-refractivity contribution in [2.75, 3.05) is 0 Å². The van der Waals surface area contributed by atoms with E-state index in [0.717, 1.165) is 4.60 Å². The standard InChI is InChI=1S/C3H4BrN2P2/c4-2-1-6(8)3(7)5-2/h1,7H,8H2/q-1/i7T. The topological polar surface area (TPSA) is 17.8 Å². The van der Waals surface area contributed by atoms with Gasteiger partial charge >= 0.3 is 0 Å². The Kier molecular flexibility index (Phi) is 1.62. The lowest BCUT2D eigenvalue weighted by molar-refractivity contribution is 1.32. The van der Waals surface area contributed by atoms with E-state index in [1.165, 1.54) is 0 Å². The second-order valence-electron chi connectivity index (χ2n) is 1.27. The summed E-state index contributed by atoms with van der Waals surface area (Å²) in [6.07, 6.45) is 1.79. The van der Waals surface area contributed by atoms with Gasteiger partial charge in [-0.3, -0.25) is 4.98 Å². The molecule has 1 unspecified atom stereocenters. The van der Waals surface area contributed by atoms with Crippen LogP contribution in [0.5, 0.6) is 0 Å². The molecule has 8 heavy (non-hydrogen) atoms. The van der Waals surface area contributed by atoms with Crippen LogP contribution in [0, 0.1) is 0 Å². The molecule has 0 bridgehead atoms. The minimum Gasteiger partial charge on any atom is -0.484 e. The van der Waals surface area contributed by atoms with E-state index in [2.05, 4.69) is 30.3 Å². The van der Waals surface area contributed by atoms with Crippen LogP contribution in [0.2, 0.25) is 0 Å². The number of rotatable bonds is 1. The smallest absolute Gasteiger partial charge is 0.121 e. The number of hydrogen-bond donors (Lipinski definition) is 0. The summed E-state index contributed by atoms with van der Waals surface area (Å²) in [4.78, 5) is 3.99. The Morgan fingerprint density at radius 3 is 3.12 bits per heavy atom. The van der Waals surface area contributed by atoms with Crippen LogP contribution in [-0.4, -0.2) is 10.6 Å². The van der Waals surface area contributed by atoms with Crippen molar-refractivity contribution >= 4 is 40.1 Å². The van der Waals surface area contributed by atoms with Gasteiger partial charge in [0, 0.05) is 6.20 Å². The molecule has 0 aliphatic carbocycles. The molecule has 1 aromatic rings. The molecule has 0 radical (unpaired) electrons. The Labute approximate surface area is 61.9 Å². The van der Waals surface area contributed by atoms with Crippen molar-refractivity contribution in [1.82, 2.24) is 9.32 Å². The molecule has 1 heterocycles. The first-order chi connectivity index (χ1) is 4.24. The fraction of sp³-hybridized carbons (Fsp3) is 0. The minimum atomic E-state index is 0.434. The molecule has 1 rings (SSSR count). The van der Waals surface area contributed by atoms with Gasteiger partial charge < -0.3 is 13.5 Å². The fourth-order valence-corrected chi connectivity index (χ4v) is 1.46. The maximum atomic E-state index is 6.95. The van der Waals surface area contributed by atoms with Crippen LogP contribution in [-0.2, 0) is 0 Å². The molecule has 0 spiro atoms. The van der Waals surface area contributed by atoms with Gasteiger partial charge in [0.2, 0.25) is 0 Å². The number of aromatic nitrogens is 2. The zero-order valence-electron chi connectivity index (χ0n) is 4.87. The van der Waals surface area contributed by atoms with Gasteiger partial charge in [0.05, 0.1) is 0 Å². The van der Waals surface area contributed by atoms with Crippen LogP contribution in [0.15, 0.2) is 10.8 Å². The molecule has 0 aliphatic heterocycles. The largest absolute Gasteiger partial charge is 0.484 e. The normalized spacial score (nSPS) is 13.0. The van der Waals surface area contributed by atoms with E-state index < -0.39 is 0 Å². The van der Waals surface area contributed by atoms with Crippen molar-refractivity contribution < 1.29 is 0 Å². The first kappa shape index (κ1) is 5.34. The van der Waals surface area contributed by atoms with Crippen LogP contribution < -0.4 is 5.57 Å². The zero-order valence-corrected chi connectivity index (χ0v) is 7.51. The second kappa shape index (κ2) is 2.43. The highest BCUT2D eigenvalue weighted by atomic mass is 79.9. The third-order valence-corrected chi connectivity index (χ3v) is 2.01. The molecule has 0 fully saturated rings. The summed E-state index contributed by atoms with van der Waals surface area (Å²) in [5.41, 5.74) is 0.715. The van der Waals surface area contributed by atoms with Crippen LogP contribution in [0.3, 0.4) is 0 Å². The van der Waals surface area contributed by atoms with E-state index in [1.54, 1.807) is 10.5 Å². The molecule has 44 valence electrons. The van der Waals surface area contributed by atoms with Crippen LogP contribution in [0.25, 0.3) is 0 Å².